The number of benzene rings is 1. The van der Waals surface area contributed by atoms with E-state index in [-0.39, 0.29) is 16.6 Å². The first-order chi connectivity index (χ1) is 12.3. The normalized spacial score (nSPS) is 15.8. The minimum atomic E-state index is 0.00830. The Hall–Kier alpha value is -1.53. The second-order valence-corrected chi connectivity index (χ2v) is 9.42. The minimum absolute atomic E-state index is 0.00830. The van der Waals surface area contributed by atoms with Crippen molar-refractivity contribution in [1.29, 1.82) is 0 Å². The highest BCUT2D eigenvalue weighted by atomic mass is 32.2. The number of thioether (sulfide) groups is 1. The van der Waals surface area contributed by atoms with Gasteiger partial charge in [-0.05, 0) is 18.1 Å². The van der Waals surface area contributed by atoms with E-state index < -0.39 is 0 Å². The van der Waals surface area contributed by atoms with Gasteiger partial charge >= 0.3 is 0 Å². The number of piperazine rings is 1. The number of rotatable bonds is 6. The Labute approximate surface area is 161 Å². The van der Waals surface area contributed by atoms with Crippen LogP contribution >= 0.6 is 11.8 Å². The van der Waals surface area contributed by atoms with E-state index in [0.717, 1.165) is 30.8 Å². The lowest BCUT2D eigenvalue weighted by Gasteiger charge is -2.34. The van der Waals surface area contributed by atoms with Crippen LogP contribution in [0.25, 0.3) is 0 Å². The summed E-state index contributed by atoms with van der Waals surface area (Å²) in [6.45, 7) is 11.7. The second-order valence-electron chi connectivity index (χ2n) is 7.62. The highest BCUT2D eigenvalue weighted by Gasteiger charge is 2.23. The maximum absolute atomic E-state index is 12.3. The molecule has 6 heteroatoms. The maximum atomic E-state index is 12.3. The Bertz CT molecular complexity index is 620. The first-order valence-corrected chi connectivity index (χ1v) is 10.3. The van der Waals surface area contributed by atoms with Crippen molar-refractivity contribution >= 4 is 29.3 Å². The van der Waals surface area contributed by atoms with Crippen LogP contribution in [0, 0.1) is 0 Å². The van der Waals surface area contributed by atoms with E-state index in [1.165, 1.54) is 0 Å². The lowest BCUT2D eigenvalue weighted by molar-refractivity contribution is -0.130. The highest BCUT2D eigenvalue weighted by molar-refractivity contribution is 8.01. The monoisotopic (exact) mass is 377 g/mol. The van der Waals surface area contributed by atoms with Crippen molar-refractivity contribution in [3.63, 3.8) is 0 Å². The van der Waals surface area contributed by atoms with E-state index in [9.17, 15) is 9.59 Å². The number of para-hydroxylation sites is 1. The fourth-order valence-corrected chi connectivity index (χ4v) is 3.61. The molecule has 0 spiro atoms. The Balaban J connectivity index is 1.76. The van der Waals surface area contributed by atoms with Crippen molar-refractivity contribution in [2.75, 3.05) is 43.8 Å². The third kappa shape index (κ3) is 6.65. The van der Waals surface area contributed by atoms with Crippen molar-refractivity contribution in [2.24, 2.45) is 0 Å². The highest BCUT2D eigenvalue weighted by Crippen LogP contribution is 2.23. The smallest absolute Gasteiger partial charge is 0.238 e. The van der Waals surface area contributed by atoms with Crippen molar-refractivity contribution < 1.29 is 9.59 Å². The van der Waals surface area contributed by atoms with Crippen molar-refractivity contribution in [3.05, 3.63) is 29.8 Å². The molecule has 1 fully saturated rings. The fourth-order valence-electron chi connectivity index (χ4n) is 2.87. The first kappa shape index (κ1) is 20.8. The van der Waals surface area contributed by atoms with Crippen LogP contribution < -0.4 is 5.32 Å². The number of amides is 2. The minimum Gasteiger partial charge on any atom is -0.339 e. The van der Waals surface area contributed by atoms with Gasteiger partial charge in [0.25, 0.3) is 0 Å². The largest absolute Gasteiger partial charge is 0.339 e. The van der Waals surface area contributed by atoms with E-state index in [0.29, 0.717) is 25.4 Å². The van der Waals surface area contributed by atoms with Crippen LogP contribution in [0.15, 0.2) is 24.3 Å². The van der Waals surface area contributed by atoms with Crippen LogP contribution in [0.4, 0.5) is 5.69 Å². The summed E-state index contributed by atoms with van der Waals surface area (Å²) in [5.41, 5.74) is 2.04. The molecule has 1 aliphatic rings. The van der Waals surface area contributed by atoms with E-state index >= 15 is 0 Å². The van der Waals surface area contributed by atoms with E-state index in [1.54, 1.807) is 11.8 Å². The number of nitrogens with zero attached hydrogens (tertiary/aromatic N) is 2. The molecule has 2 rings (SSSR count). The van der Waals surface area contributed by atoms with Crippen LogP contribution in [0.3, 0.4) is 0 Å². The molecule has 1 N–H and O–H groups in total. The van der Waals surface area contributed by atoms with E-state index in [2.05, 4.69) is 37.9 Å². The zero-order valence-electron chi connectivity index (χ0n) is 16.4. The lowest BCUT2D eigenvalue weighted by Crippen LogP contribution is -2.51. The Morgan fingerprint density at radius 1 is 1.12 bits per heavy atom. The molecule has 0 atom stereocenters. The van der Waals surface area contributed by atoms with Gasteiger partial charge in [-0.2, -0.15) is 0 Å². The van der Waals surface area contributed by atoms with Crippen molar-refractivity contribution in [1.82, 2.24) is 9.80 Å². The summed E-state index contributed by atoms with van der Waals surface area (Å²) in [5, 5.41) is 3.02. The zero-order chi connectivity index (χ0) is 19.2. The molecule has 144 valence electrons. The molecule has 1 heterocycles. The molecule has 1 aliphatic heterocycles. The summed E-state index contributed by atoms with van der Waals surface area (Å²) in [6.07, 6.45) is 0.893. The molecule has 26 heavy (non-hydrogen) atoms. The fraction of sp³-hybridized carbons (Fsp3) is 0.600. The number of nitrogens with one attached hydrogen (secondary N) is 1. The predicted octanol–water partition coefficient (Wildman–Crippen LogP) is 2.86. The van der Waals surface area contributed by atoms with Crippen LogP contribution in [-0.4, -0.2) is 64.8 Å². The Morgan fingerprint density at radius 3 is 2.38 bits per heavy atom. The zero-order valence-corrected chi connectivity index (χ0v) is 17.2. The first-order valence-electron chi connectivity index (χ1n) is 9.30. The topological polar surface area (TPSA) is 52.7 Å². The number of aryl methyl sites for hydroxylation is 1. The van der Waals surface area contributed by atoms with Gasteiger partial charge in [-0.15, -0.1) is 11.8 Å². The summed E-state index contributed by atoms with van der Waals surface area (Å²) in [7, 11) is 0. The van der Waals surface area contributed by atoms with Gasteiger partial charge in [0.1, 0.15) is 0 Å². The summed E-state index contributed by atoms with van der Waals surface area (Å²) >= 11 is 1.68. The molecular formula is C20H31N3O2S. The van der Waals surface area contributed by atoms with Crippen molar-refractivity contribution in [3.8, 4) is 0 Å². The quantitative estimate of drug-likeness (QED) is 0.828. The molecule has 0 saturated carbocycles. The average Bonchev–Trinajstić information content (AvgIpc) is 2.60. The standard InChI is InChI=1S/C20H31N3O2S/c1-5-16-8-6-7-9-17(16)21-18(24)14-22-10-12-23(13-11-22)19(25)15-26-20(2,3)4/h6-9H,5,10-15H2,1-4H3,(H,21,24). The van der Waals surface area contributed by atoms with Crippen LogP contribution in [-0.2, 0) is 16.0 Å². The van der Waals surface area contributed by atoms with Gasteiger partial charge in [0.2, 0.25) is 11.8 Å². The van der Waals surface area contributed by atoms with Crippen LogP contribution in [0.2, 0.25) is 0 Å². The summed E-state index contributed by atoms with van der Waals surface area (Å²) < 4.78 is 0.102. The summed E-state index contributed by atoms with van der Waals surface area (Å²) in [6, 6.07) is 7.91. The second kappa shape index (κ2) is 9.42. The molecule has 2 amide bonds. The molecule has 5 nitrogen and oxygen atoms in total. The van der Waals surface area contributed by atoms with Crippen molar-refractivity contribution in [2.45, 2.75) is 38.9 Å². The van der Waals surface area contributed by atoms with Crippen LogP contribution in [0.5, 0.6) is 0 Å². The Kier molecular flexibility index (Phi) is 7.53. The van der Waals surface area contributed by atoms with Gasteiger partial charge in [-0.1, -0.05) is 45.9 Å². The SMILES string of the molecule is CCc1ccccc1NC(=O)CN1CCN(C(=O)CSC(C)(C)C)CC1. The molecule has 0 aliphatic carbocycles. The van der Waals surface area contributed by atoms with Gasteiger partial charge in [-0.25, -0.2) is 0 Å². The number of hydrogen-bond donors (Lipinski definition) is 1. The van der Waals surface area contributed by atoms with Crippen LogP contribution in [0.1, 0.15) is 33.3 Å². The number of anilines is 1. The third-order valence-electron chi connectivity index (χ3n) is 4.39. The van der Waals surface area contributed by atoms with Gasteiger partial charge < -0.3 is 10.2 Å². The molecule has 1 saturated heterocycles. The Morgan fingerprint density at radius 2 is 1.77 bits per heavy atom. The molecule has 0 radical (unpaired) electrons. The summed E-state index contributed by atoms with van der Waals surface area (Å²) in [4.78, 5) is 28.7. The predicted molar refractivity (Wildman–Crippen MR) is 110 cm³/mol. The van der Waals surface area contributed by atoms with Gasteiger partial charge in [0, 0.05) is 36.6 Å². The molecule has 1 aromatic rings. The number of hydrogen-bond acceptors (Lipinski definition) is 4. The molecule has 0 unspecified atom stereocenters. The van der Waals surface area contributed by atoms with E-state index in [1.807, 2.05) is 29.2 Å². The molecular weight excluding hydrogens is 346 g/mol. The lowest BCUT2D eigenvalue weighted by atomic mass is 10.1. The number of carbonyl (C=O) groups is 2. The van der Waals surface area contributed by atoms with E-state index in [4.69, 9.17) is 0 Å². The molecule has 0 aromatic heterocycles. The van der Waals surface area contributed by atoms with Gasteiger partial charge in [-0.3, -0.25) is 14.5 Å². The maximum Gasteiger partial charge on any atom is 0.238 e. The van der Waals surface area contributed by atoms with Gasteiger partial charge in [0.05, 0.1) is 12.3 Å². The third-order valence-corrected chi connectivity index (χ3v) is 5.65. The average molecular weight is 378 g/mol. The summed E-state index contributed by atoms with van der Waals surface area (Å²) in [5.74, 6) is 0.734. The van der Waals surface area contributed by atoms with Gasteiger partial charge in [0.15, 0.2) is 0 Å². The molecule has 1 aromatic carbocycles. The molecule has 0 bridgehead atoms. The number of carbonyl (C=O) groups excluding carboxylic acids is 2.